The first-order valence-electron chi connectivity index (χ1n) is 7.38. The molecule has 20 heavy (non-hydrogen) atoms. The summed E-state index contributed by atoms with van der Waals surface area (Å²) in [5, 5.41) is 8.76. The van der Waals surface area contributed by atoms with E-state index in [0.29, 0.717) is 19.7 Å². The normalized spacial score (nSPS) is 24.6. The largest absolute Gasteiger partial charge is 0.481 e. The third kappa shape index (κ3) is 4.76. The second-order valence-corrected chi connectivity index (χ2v) is 5.50. The van der Waals surface area contributed by atoms with Crippen molar-refractivity contribution in [1.29, 1.82) is 0 Å². The van der Waals surface area contributed by atoms with E-state index in [9.17, 15) is 9.59 Å². The number of carbonyl (C=O) groups is 2. The van der Waals surface area contributed by atoms with E-state index in [-0.39, 0.29) is 25.0 Å². The summed E-state index contributed by atoms with van der Waals surface area (Å²) in [5.41, 5.74) is 0. The molecule has 0 aromatic heterocycles. The number of rotatable bonds is 5. The molecule has 2 aliphatic rings. The van der Waals surface area contributed by atoms with Crippen LogP contribution in [-0.2, 0) is 19.1 Å². The van der Waals surface area contributed by atoms with Gasteiger partial charge in [0.2, 0.25) is 5.91 Å². The average Bonchev–Trinajstić information content (AvgIpc) is 2.45. The van der Waals surface area contributed by atoms with Crippen molar-refractivity contribution in [1.82, 2.24) is 4.90 Å². The average molecular weight is 285 g/mol. The predicted molar refractivity (Wildman–Crippen MR) is 71.4 cm³/mol. The van der Waals surface area contributed by atoms with Gasteiger partial charge in [-0.05, 0) is 12.8 Å². The molecule has 2 rings (SSSR count). The molecule has 1 saturated carbocycles. The highest BCUT2D eigenvalue weighted by Gasteiger charge is 2.26. The maximum atomic E-state index is 12.1. The first-order chi connectivity index (χ1) is 9.65. The number of nitrogens with zero attached hydrogens (tertiary/aromatic N) is 1. The fourth-order valence-corrected chi connectivity index (χ4v) is 2.78. The molecule has 1 atom stereocenters. The summed E-state index contributed by atoms with van der Waals surface area (Å²) in [6.07, 6.45) is 5.44. The summed E-state index contributed by atoms with van der Waals surface area (Å²) < 4.78 is 11.0. The number of amides is 1. The van der Waals surface area contributed by atoms with Gasteiger partial charge in [-0.25, -0.2) is 0 Å². The van der Waals surface area contributed by atoms with Crippen molar-refractivity contribution in [3.8, 4) is 0 Å². The molecule has 0 bridgehead atoms. The predicted octanol–water partition coefficient (Wildman–Crippen LogP) is 1.04. The Bertz CT molecular complexity index is 340. The van der Waals surface area contributed by atoms with E-state index in [2.05, 4.69) is 0 Å². The van der Waals surface area contributed by atoms with Gasteiger partial charge in [-0.1, -0.05) is 19.3 Å². The maximum absolute atomic E-state index is 12.1. The maximum Gasteiger partial charge on any atom is 0.306 e. The minimum atomic E-state index is -0.900. The van der Waals surface area contributed by atoms with Crippen LogP contribution < -0.4 is 0 Å². The van der Waals surface area contributed by atoms with E-state index < -0.39 is 12.1 Å². The Morgan fingerprint density at radius 1 is 1.25 bits per heavy atom. The standard InChI is InChI=1S/C14H23NO5/c16-13(10-20-11-4-2-1-3-5-11)15-6-7-19-12(9-15)8-14(17)18/h11-12H,1-10H2,(H,17,18). The van der Waals surface area contributed by atoms with Crippen molar-refractivity contribution < 1.29 is 24.2 Å². The summed E-state index contributed by atoms with van der Waals surface area (Å²) in [5.74, 6) is -0.961. The van der Waals surface area contributed by atoms with Gasteiger partial charge in [0.05, 0.1) is 25.2 Å². The summed E-state index contributed by atoms with van der Waals surface area (Å²) in [7, 11) is 0. The fraction of sp³-hybridized carbons (Fsp3) is 0.857. The van der Waals surface area contributed by atoms with Crippen molar-refractivity contribution in [2.45, 2.75) is 50.7 Å². The van der Waals surface area contributed by atoms with Crippen LogP contribution in [0.15, 0.2) is 0 Å². The van der Waals surface area contributed by atoms with Gasteiger partial charge in [0, 0.05) is 13.1 Å². The van der Waals surface area contributed by atoms with E-state index in [1.54, 1.807) is 4.90 Å². The molecule has 0 spiro atoms. The topological polar surface area (TPSA) is 76.1 Å². The quantitative estimate of drug-likeness (QED) is 0.816. The van der Waals surface area contributed by atoms with Gasteiger partial charge in [-0.3, -0.25) is 9.59 Å². The van der Waals surface area contributed by atoms with Gasteiger partial charge in [0.25, 0.3) is 0 Å². The molecule has 114 valence electrons. The molecule has 0 aromatic carbocycles. The van der Waals surface area contributed by atoms with Crippen LogP contribution in [0.5, 0.6) is 0 Å². The van der Waals surface area contributed by atoms with Crippen molar-refractivity contribution in [3.05, 3.63) is 0 Å². The van der Waals surface area contributed by atoms with Crippen molar-refractivity contribution in [2.24, 2.45) is 0 Å². The molecule has 1 unspecified atom stereocenters. The number of carboxylic acids is 1. The molecular formula is C14H23NO5. The zero-order chi connectivity index (χ0) is 14.4. The van der Waals surface area contributed by atoms with E-state index in [4.69, 9.17) is 14.6 Å². The summed E-state index contributed by atoms with van der Waals surface area (Å²) in [6, 6.07) is 0. The number of ether oxygens (including phenoxy) is 2. The zero-order valence-electron chi connectivity index (χ0n) is 11.8. The lowest BCUT2D eigenvalue weighted by atomic mass is 9.98. The lowest BCUT2D eigenvalue weighted by Gasteiger charge is -2.32. The Hall–Kier alpha value is -1.14. The van der Waals surface area contributed by atoms with Crippen molar-refractivity contribution in [2.75, 3.05) is 26.3 Å². The SMILES string of the molecule is O=C(O)CC1CN(C(=O)COC2CCCCC2)CCO1. The number of hydrogen-bond donors (Lipinski definition) is 1. The third-order valence-electron chi connectivity index (χ3n) is 3.89. The zero-order valence-corrected chi connectivity index (χ0v) is 11.8. The third-order valence-corrected chi connectivity index (χ3v) is 3.89. The Kier molecular flexibility index (Phi) is 5.79. The van der Waals surface area contributed by atoms with Crippen molar-refractivity contribution in [3.63, 3.8) is 0 Å². The van der Waals surface area contributed by atoms with Gasteiger partial charge < -0.3 is 19.5 Å². The number of hydrogen-bond acceptors (Lipinski definition) is 4. The molecule has 1 amide bonds. The molecular weight excluding hydrogens is 262 g/mol. The molecule has 1 aliphatic carbocycles. The van der Waals surface area contributed by atoms with Crippen LogP contribution in [-0.4, -0.2) is 60.4 Å². The van der Waals surface area contributed by atoms with Gasteiger partial charge >= 0.3 is 5.97 Å². The fourth-order valence-electron chi connectivity index (χ4n) is 2.78. The molecule has 0 radical (unpaired) electrons. The molecule has 1 aliphatic heterocycles. The number of morpholine rings is 1. The van der Waals surface area contributed by atoms with E-state index in [1.807, 2.05) is 0 Å². The van der Waals surface area contributed by atoms with Gasteiger partial charge in [-0.2, -0.15) is 0 Å². The second kappa shape index (κ2) is 7.59. The summed E-state index contributed by atoms with van der Waals surface area (Å²) >= 11 is 0. The Morgan fingerprint density at radius 2 is 2.00 bits per heavy atom. The van der Waals surface area contributed by atoms with Gasteiger partial charge in [0.15, 0.2) is 0 Å². The van der Waals surface area contributed by atoms with Crippen LogP contribution in [0.1, 0.15) is 38.5 Å². The van der Waals surface area contributed by atoms with Crippen LogP contribution in [0.25, 0.3) is 0 Å². The Balaban J connectivity index is 1.72. The minimum Gasteiger partial charge on any atom is -0.481 e. The molecule has 6 heteroatoms. The van der Waals surface area contributed by atoms with Crippen LogP contribution in [0, 0.1) is 0 Å². The molecule has 1 heterocycles. The first-order valence-corrected chi connectivity index (χ1v) is 7.38. The highest BCUT2D eigenvalue weighted by molar-refractivity contribution is 5.77. The molecule has 1 N–H and O–H groups in total. The van der Waals surface area contributed by atoms with E-state index in [0.717, 1.165) is 12.8 Å². The first kappa shape index (κ1) is 15.3. The van der Waals surface area contributed by atoms with Crippen LogP contribution in [0.2, 0.25) is 0 Å². The minimum absolute atomic E-state index is 0.0609. The lowest BCUT2D eigenvalue weighted by Crippen LogP contribution is -2.47. The Labute approximate surface area is 119 Å². The van der Waals surface area contributed by atoms with Crippen LogP contribution in [0.4, 0.5) is 0 Å². The summed E-state index contributed by atoms with van der Waals surface area (Å²) in [4.78, 5) is 24.4. The smallest absolute Gasteiger partial charge is 0.306 e. The summed E-state index contributed by atoms with van der Waals surface area (Å²) in [6.45, 7) is 1.36. The molecule has 1 saturated heterocycles. The monoisotopic (exact) mass is 285 g/mol. The van der Waals surface area contributed by atoms with Crippen molar-refractivity contribution >= 4 is 11.9 Å². The van der Waals surface area contributed by atoms with Crippen LogP contribution in [0.3, 0.4) is 0 Å². The lowest BCUT2D eigenvalue weighted by molar-refractivity contribution is -0.151. The van der Waals surface area contributed by atoms with E-state index >= 15 is 0 Å². The van der Waals surface area contributed by atoms with Gasteiger partial charge in [0.1, 0.15) is 6.61 Å². The number of carboxylic acid groups (broad SMARTS) is 1. The highest BCUT2D eigenvalue weighted by Crippen LogP contribution is 2.20. The number of aliphatic carboxylic acids is 1. The second-order valence-electron chi connectivity index (χ2n) is 5.50. The molecule has 2 fully saturated rings. The van der Waals surface area contributed by atoms with Gasteiger partial charge in [-0.15, -0.1) is 0 Å². The number of carbonyl (C=O) groups excluding carboxylic acids is 1. The van der Waals surface area contributed by atoms with E-state index in [1.165, 1.54) is 19.3 Å². The molecule has 0 aromatic rings. The Morgan fingerprint density at radius 3 is 2.70 bits per heavy atom. The highest BCUT2D eigenvalue weighted by atomic mass is 16.5. The molecule has 6 nitrogen and oxygen atoms in total. The van der Waals surface area contributed by atoms with Crippen LogP contribution >= 0.6 is 0 Å².